The highest BCUT2D eigenvalue weighted by atomic mass is 79.9. The molecule has 10 heteroatoms. The van der Waals surface area contributed by atoms with Gasteiger partial charge < -0.3 is 0 Å². The molecule has 4 aromatic rings. The molecule has 0 spiro atoms. The fraction of sp³-hybridized carbons (Fsp3) is 0.0769. The molecule has 0 radical (unpaired) electrons. The molecule has 0 bridgehead atoms. The third-order valence-electron chi connectivity index (χ3n) is 6.19. The van der Waals surface area contributed by atoms with Crippen LogP contribution in [0.3, 0.4) is 0 Å². The lowest BCUT2D eigenvalue weighted by Crippen LogP contribution is -2.45. The summed E-state index contributed by atoms with van der Waals surface area (Å²) in [5.41, 5.74) is 1.36. The van der Waals surface area contributed by atoms with Gasteiger partial charge in [-0.25, -0.2) is 16.8 Å². The maximum atomic E-state index is 14.1. The maximum Gasteiger partial charge on any atom is 0.420 e. The SMILES string of the molecule is O=S(=O)(c1ccccc1)N1B(Br)N(S(=O)(=O)c2ccccc2)[C@H](c2ccccc2)[C@H]1c1ccccc1. The number of nitrogens with zero attached hydrogens (tertiary/aromatic N) is 2. The molecule has 1 fully saturated rings. The van der Waals surface area contributed by atoms with E-state index in [0.29, 0.717) is 11.1 Å². The first-order valence-electron chi connectivity index (χ1n) is 11.2. The zero-order valence-corrected chi connectivity index (χ0v) is 22.2. The van der Waals surface area contributed by atoms with Gasteiger partial charge in [-0.3, -0.25) is 0 Å². The Labute approximate surface area is 220 Å². The van der Waals surface area contributed by atoms with E-state index < -0.39 is 37.9 Å². The molecular formula is C26H22BBrN2O4S2. The molecule has 6 nitrogen and oxygen atoms in total. The van der Waals surface area contributed by atoms with Crippen LogP contribution in [0.15, 0.2) is 131 Å². The number of halogens is 1. The monoisotopic (exact) mass is 580 g/mol. The zero-order chi connectivity index (χ0) is 25.3. The summed E-state index contributed by atoms with van der Waals surface area (Å²) in [5.74, 6) is -1.18. The molecule has 0 unspecified atom stereocenters. The highest BCUT2D eigenvalue weighted by molar-refractivity contribution is 9.24. The predicted molar refractivity (Wildman–Crippen MR) is 144 cm³/mol. The molecular weight excluding hydrogens is 559 g/mol. The third kappa shape index (κ3) is 4.33. The molecule has 182 valence electrons. The molecule has 1 aliphatic rings. The second-order valence-corrected chi connectivity index (χ2v) is 12.8. The summed E-state index contributed by atoms with van der Waals surface area (Å²) in [6.07, 6.45) is 0. The summed E-state index contributed by atoms with van der Waals surface area (Å²) in [5, 5.41) is 0. The first-order chi connectivity index (χ1) is 17.3. The molecule has 4 aromatic carbocycles. The third-order valence-corrected chi connectivity index (χ3v) is 11.3. The summed E-state index contributed by atoms with van der Waals surface area (Å²) < 4.78 is 58.9. The van der Waals surface area contributed by atoms with Gasteiger partial charge in [-0.05, 0) is 35.4 Å². The van der Waals surface area contributed by atoms with Crippen molar-refractivity contribution in [1.82, 2.24) is 8.43 Å². The molecule has 1 aliphatic heterocycles. The van der Waals surface area contributed by atoms with Gasteiger partial charge in [0, 0.05) is 0 Å². The normalized spacial score (nSPS) is 19.4. The number of hydrogen-bond donors (Lipinski definition) is 0. The van der Waals surface area contributed by atoms with E-state index in [1.807, 2.05) is 60.7 Å². The van der Waals surface area contributed by atoms with E-state index >= 15 is 0 Å². The standard InChI is InChI=1S/C26H22BBrN2O4S2/c28-27-29(35(31,32)23-17-9-3-10-18-23)25(21-13-5-1-6-14-21)26(22-15-7-2-8-16-22)30(27)36(33,34)24-19-11-4-12-20-24/h1-20,25-26H/t25-,26-/m1/s1. The van der Waals surface area contributed by atoms with Gasteiger partial charge in [0.25, 0.3) is 0 Å². The minimum Gasteiger partial charge on any atom is -0.208 e. The van der Waals surface area contributed by atoms with Crippen LogP contribution < -0.4 is 0 Å². The van der Waals surface area contributed by atoms with Gasteiger partial charge in [0.15, 0.2) is 0 Å². The van der Waals surface area contributed by atoms with Crippen LogP contribution >= 0.6 is 15.8 Å². The van der Waals surface area contributed by atoms with Crippen LogP contribution in [0.2, 0.25) is 0 Å². The lowest BCUT2D eigenvalue weighted by molar-refractivity contribution is 0.377. The van der Waals surface area contributed by atoms with E-state index in [4.69, 9.17) is 0 Å². The van der Waals surface area contributed by atoms with E-state index in [1.54, 1.807) is 36.4 Å². The molecule has 36 heavy (non-hydrogen) atoms. The second kappa shape index (κ2) is 9.95. The van der Waals surface area contributed by atoms with E-state index in [0.717, 1.165) is 0 Å². The van der Waals surface area contributed by atoms with Crippen molar-refractivity contribution in [2.75, 3.05) is 0 Å². The van der Waals surface area contributed by atoms with Gasteiger partial charge in [0.1, 0.15) is 0 Å². The van der Waals surface area contributed by atoms with Crippen molar-refractivity contribution >= 4 is 41.6 Å². The topological polar surface area (TPSA) is 74.8 Å². The molecule has 0 aliphatic carbocycles. The minimum absolute atomic E-state index is 0.0844. The molecule has 1 saturated heterocycles. The molecule has 0 amide bonds. The number of rotatable bonds is 6. The molecule has 5 rings (SSSR count). The Morgan fingerprint density at radius 2 is 0.778 bits per heavy atom. The predicted octanol–water partition coefficient (Wildman–Crippen LogP) is 5.24. The van der Waals surface area contributed by atoms with Crippen LogP contribution in [0.1, 0.15) is 23.2 Å². The maximum absolute atomic E-state index is 14.1. The Morgan fingerprint density at radius 1 is 0.500 bits per heavy atom. The van der Waals surface area contributed by atoms with E-state index in [9.17, 15) is 16.8 Å². The Hall–Kier alpha value is -2.76. The summed E-state index contributed by atoms with van der Waals surface area (Å²) >= 11 is 3.51. The van der Waals surface area contributed by atoms with Crippen molar-refractivity contribution in [3.63, 3.8) is 0 Å². The Balaban J connectivity index is 1.79. The van der Waals surface area contributed by atoms with Crippen LogP contribution in [0, 0.1) is 0 Å². The van der Waals surface area contributed by atoms with Crippen molar-refractivity contribution in [3.05, 3.63) is 132 Å². The van der Waals surface area contributed by atoms with Crippen LogP contribution in [0.4, 0.5) is 0 Å². The highest BCUT2D eigenvalue weighted by Crippen LogP contribution is 2.51. The van der Waals surface area contributed by atoms with Crippen molar-refractivity contribution in [2.24, 2.45) is 0 Å². The van der Waals surface area contributed by atoms with E-state index in [-0.39, 0.29) is 9.79 Å². The Kier molecular flexibility index (Phi) is 6.89. The van der Waals surface area contributed by atoms with Crippen molar-refractivity contribution in [2.45, 2.75) is 21.9 Å². The van der Waals surface area contributed by atoms with Crippen molar-refractivity contribution in [1.29, 1.82) is 0 Å². The fourth-order valence-corrected chi connectivity index (χ4v) is 9.68. The summed E-state index contributed by atoms with van der Waals surface area (Å²) in [6.45, 7) is 0. The highest BCUT2D eigenvalue weighted by Gasteiger charge is 2.59. The fourth-order valence-electron chi connectivity index (χ4n) is 4.57. The van der Waals surface area contributed by atoms with Gasteiger partial charge in [-0.1, -0.05) is 97.1 Å². The van der Waals surface area contributed by atoms with Crippen molar-refractivity contribution in [3.8, 4) is 0 Å². The van der Waals surface area contributed by atoms with Gasteiger partial charge >= 0.3 is 5.81 Å². The number of sulfonamides is 2. The van der Waals surface area contributed by atoms with Crippen LogP contribution in [-0.4, -0.2) is 31.1 Å². The quantitative estimate of drug-likeness (QED) is 0.292. The first kappa shape index (κ1) is 24.9. The van der Waals surface area contributed by atoms with Crippen LogP contribution in [0.25, 0.3) is 0 Å². The van der Waals surface area contributed by atoms with Crippen molar-refractivity contribution < 1.29 is 16.8 Å². The lowest BCUT2D eigenvalue weighted by atomic mass is 9.95. The van der Waals surface area contributed by atoms with E-state index in [1.165, 1.54) is 32.7 Å². The molecule has 0 aromatic heterocycles. The molecule has 1 heterocycles. The second-order valence-electron chi connectivity index (χ2n) is 8.32. The molecule has 0 N–H and O–H groups in total. The van der Waals surface area contributed by atoms with Gasteiger partial charge in [-0.2, -0.15) is 8.43 Å². The lowest BCUT2D eigenvalue weighted by Gasteiger charge is -2.30. The first-order valence-corrected chi connectivity index (χ1v) is 15.0. The van der Waals surface area contributed by atoms with Gasteiger partial charge in [0.05, 0.1) is 21.9 Å². The molecule has 0 saturated carbocycles. The van der Waals surface area contributed by atoms with Crippen LogP contribution in [0.5, 0.6) is 0 Å². The average molecular weight is 581 g/mol. The summed E-state index contributed by atoms with van der Waals surface area (Å²) in [7, 11) is -8.24. The molecule has 2 atom stereocenters. The average Bonchev–Trinajstić information content (AvgIpc) is 3.25. The minimum atomic E-state index is -4.12. The van der Waals surface area contributed by atoms with Gasteiger partial charge in [-0.15, -0.1) is 15.8 Å². The van der Waals surface area contributed by atoms with Gasteiger partial charge in [0.2, 0.25) is 20.0 Å². The smallest absolute Gasteiger partial charge is 0.208 e. The Morgan fingerprint density at radius 3 is 1.08 bits per heavy atom. The summed E-state index contributed by atoms with van der Waals surface area (Å²) in [6, 6.07) is 32.8. The summed E-state index contributed by atoms with van der Waals surface area (Å²) in [4.78, 5) is 0.169. The number of benzene rings is 4. The van der Waals surface area contributed by atoms with Crippen LogP contribution in [-0.2, 0) is 20.0 Å². The Bertz CT molecular complexity index is 1420. The van der Waals surface area contributed by atoms with E-state index in [2.05, 4.69) is 15.8 Å². The largest absolute Gasteiger partial charge is 0.420 e. The number of hydrogen-bond acceptors (Lipinski definition) is 4. The zero-order valence-electron chi connectivity index (χ0n) is 19.0.